The molecule has 4 aliphatic heterocycles. The molecule has 4 aromatic heterocycles. The normalized spacial score (nSPS) is 28.0. The minimum atomic E-state index is -5.25. The van der Waals surface area contributed by atoms with Gasteiger partial charge in [0.05, 0.1) is 37.0 Å². The first-order chi connectivity index (χ1) is 36.8. The lowest BCUT2D eigenvalue weighted by atomic mass is 10.1. The van der Waals surface area contributed by atoms with Gasteiger partial charge in [0.15, 0.2) is 38.1 Å². The van der Waals surface area contributed by atoms with Gasteiger partial charge in [-0.3, -0.25) is 37.2 Å². The molecule has 1 amide bonds. The van der Waals surface area contributed by atoms with Crippen molar-refractivity contribution in [3.63, 3.8) is 0 Å². The van der Waals surface area contributed by atoms with Crippen LogP contribution in [0.5, 0.6) is 0 Å². The summed E-state index contributed by atoms with van der Waals surface area (Å²) in [6, 6.07) is 17.2. The van der Waals surface area contributed by atoms with Crippen molar-refractivity contribution in [2.24, 2.45) is 0 Å². The van der Waals surface area contributed by atoms with E-state index >= 15 is 4.39 Å². The standard InChI is InChI=1S/C49H56FN9O14P2SSi/c1-49(2,3)77(5,6)73-39-34-25-67-74(63,64)71-38-33(69-46(36(38)50)58-24-32-18-13-20-57(41-35(32)42(58)53-27-52-41)44(60)30-14-9-7-10-15-30)26-68-75(76,66-22-19-51-4)72-40(39)47(70-34)59-29-54-37-43(59)55-28-56(45(37)61)21-23-65-48(62)31-16-11-8-12-17-31/h7-12,14-17,24,27-29,33-34,36,38-40,46-47H,13,18-23,25-26H2,1-3,5-6H3,(H,63,64)/t33-,34-,36-,38-,39-,40-,46-,47-,75?/m1/s1. The van der Waals surface area contributed by atoms with Crippen LogP contribution in [0.2, 0.25) is 18.1 Å². The van der Waals surface area contributed by atoms with Gasteiger partial charge in [-0.2, -0.15) is 0 Å². The van der Waals surface area contributed by atoms with Gasteiger partial charge in [0, 0.05) is 18.3 Å². The Hall–Kier alpha value is -5.49. The highest BCUT2D eigenvalue weighted by Gasteiger charge is 2.57. The van der Waals surface area contributed by atoms with Crippen molar-refractivity contribution in [3.05, 3.63) is 124 Å². The molecule has 77 heavy (non-hydrogen) atoms. The van der Waals surface area contributed by atoms with Crippen LogP contribution in [0.1, 0.15) is 65.9 Å². The summed E-state index contributed by atoms with van der Waals surface area (Å²) in [6.07, 6.45) is -5.52. The number of fused-ring (bicyclic) bond motifs is 4. The van der Waals surface area contributed by atoms with Crippen LogP contribution < -0.4 is 10.5 Å². The summed E-state index contributed by atoms with van der Waals surface area (Å²) in [6.45, 7) is 11.8. The molecular weight excluding hydrogens is 1080 g/mol. The maximum atomic E-state index is 17.4. The topological polar surface area (TPSA) is 246 Å². The molecule has 10 rings (SSSR count). The summed E-state index contributed by atoms with van der Waals surface area (Å²) < 4.78 is 92.1. The van der Waals surface area contributed by atoms with E-state index in [1.807, 2.05) is 39.9 Å². The minimum Gasteiger partial charge on any atom is -0.460 e. The molecule has 23 nitrogen and oxygen atoms in total. The third-order valence-electron chi connectivity index (χ3n) is 14.2. The average Bonchev–Trinajstić information content (AvgIpc) is 4.15. The molecule has 6 aromatic rings. The van der Waals surface area contributed by atoms with Gasteiger partial charge in [0.1, 0.15) is 67.9 Å². The third-order valence-corrected chi connectivity index (χ3v) is 22.1. The molecule has 8 heterocycles. The maximum absolute atomic E-state index is 17.4. The number of hydrogen-bond donors (Lipinski definition) is 1. The Labute approximate surface area is 447 Å². The molecule has 0 radical (unpaired) electrons. The molecule has 0 saturated carbocycles. The van der Waals surface area contributed by atoms with E-state index in [9.17, 15) is 23.8 Å². The average molecular weight is 1140 g/mol. The number of halogens is 1. The highest BCUT2D eigenvalue weighted by molar-refractivity contribution is 8.07. The summed E-state index contributed by atoms with van der Waals surface area (Å²) in [4.78, 5) is 75.0. The SMILES string of the molecule is [C-]#[N+]CCOP1(=S)OC[C@H]2O[C@@H](n3cc4c5c(ncnc53)N(C(=O)c3ccccc3)CCC4)[C@H](F)[C@@H]2OP(=O)(O)OC[C@H]2O[C@@H](n3cnc4c(=O)n(CCOC(=O)c5ccccc5)cnc43)[C@H](O1)[C@@H]2O[Si](C)(C)C(C)(C)C. The number of carbonyl (C=O) groups excluding carboxylic acids is 2. The smallest absolute Gasteiger partial charge is 0.460 e. The zero-order chi connectivity index (χ0) is 54.4. The minimum absolute atomic E-state index is 0.0426. The number of benzene rings is 2. The van der Waals surface area contributed by atoms with Gasteiger partial charge in [-0.05, 0) is 72.6 Å². The van der Waals surface area contributed by atoms with E-state index in [2.05, 4.69) is 24.8 Å². The zero-order valence-corrected chi connectivity index (χ0v) is 46.1. The van der Waals surface area contributed by atoms with Crippen LogP contribution in [0, 0.1) is 6.57 Å². The van der Waals surface area contributed by atoms with Crippen LogP contribution >= 0.6 is 14.5 Å². The summed E-state index contributed by atoms with van der Waals surface area (Å²) >= 11 is 6.14. The van der Waals surface area contributed by atoms with Gasteiger partial charge < -0.3 is 42.0 Å². The van der Waals surface area contributed by atoms with E-state index in [0.29, 0.717) is 41.7 Å². The molecule has 2 bridgehead atoms. The van der Waals surface area contributed by atoms with E-state index in [1.54, 1.807) is 65.7 Å². The number of carbonyl (C=O) groups is 2. The highest BCUT2D eigenvalue weighted by atomic mass is 32.5. The molecule has 28 heteroatoms. The van der Waals surface area contributed by atoms with E-state index in [0.717, 1.165) is 5.56 Å². The lowest BCUT2D eigenvalue weighted by Gasteiger charge is -2.41. The number of anilines is 1. The van der Waals surface area contributed by atoms with E-state index in [4.69, 9.17) is 59.6 Å². The maximum Gasteiger partial charge on any atom is 0.472 e. The first-order valence-corrected chi connectivity index (χ1v) is 31.8. The molecule has 2 aromatic carbocycles. The van der Waals surface area contributed by atoms with Gasteiger partial charge in [-0.15, -0.1) is 0 Å². The van der Waals surface area contributed by atoms with Gasteiger partial charge in [0.25, 0.3) is 11.5 Å². The van der Waals surface area contributed by atoms with Crippen molar-refractivity contribution in [1.82, 2.24) is 33.6 Å². The van der Waals surface area contributed by atoms with Crippen molar-refractivity contribution in [2.75, 3.05) is 44.4 Å². The predicted molar refractivity (Wildman–Crippen MR) is 280 cm³/mol. The summed E-state index contributed by atoms with van der Waals surface area (Å²) in [5.74, 6) is -0.513. The van der Waals surface area contributed by atoms with Crippen LogP contribution in [-0.2, 0) is 70.6 Å². The number of phosphoric acid groups is 1. The molecule has 0 spiro atoms. The van der Waals surface area contributed by atoms with Gasteiger partial charge in [0.2, 0.25) is 6.54 Å². The molecule has 0 aliphatic carbocycles. The number of hydrogen-bond acceptors (Lipinski definition) is 18. The predicted octanol–water partition coefficient (Wildman–Crippen LogP) is 7.09. The Kier molecular flexibility index (Phi) is 15.7. The fourth-order valence-electron chi connectivity index (χ4n) is 9.36. The number of aromatic nitrogens is 7. The van der Waals surface area contributed by atoms with Crippen LogP contribution in [0.3, 0.4) is 0 Å². The number of ether oxygens (including phenoxy) is 3. The molecule has 408 valence electrons. The van der Waals surface area contributed by atoms with Crippen molar-refractivity contribution < 1.29 is 64.7 Å². The summed E-state index contributed by atoms with van der Waals surface area (Å²) in [5.41, 5.74) is 1.14. The van der Waals surface area contributed by atoms with E-state index in [1.165, 1.54) is 32.7 Å². The molecule has 3 fully saturated rings. The first kappa shape index (κ1) is 54.8. The zero-order valence-electron chi connectivity index (χ0n) is 42.5. The highest BCUT2D eigenvalue weighted by Crippen LogP contribution is 2.58. The number of nitrogens with zero attached hydrogens (tertiary/aromatic N) is 9. The monoisotopic (exact) mass is 1140 g/mol. The quantitative estimate of drug-likeness (QED) is 0.0422. The van der Waals surface area contributed by atoms with Gasteiger partial charge in [-0.25, -0.2) is 40.3 Å². The number of phosphoric ester groups is 1. The van der Waals surface area contributed by atoms with Crippen molar-refractivity contribution in [3.8, 4) is 0 Å². The molecule has 2 unspecified atom stereocenters. The Morgan fingerprint density at radius 1 is 0.909 bits per heavy atom. The second-order valence-electron chi connectivity index (χ2n) is 20.2. The second kappa shape index (κ2) is 22.0. The number of imidazole rings is 1. The van der Waals surface area contributed by atoms with E-state index < -0.39 is 102 Å². The Balaban J connectivity index is 0.981. The van der Waals surface area contributed by atoms with Gasteiger partial charge >= 0.3 is 20.5 Å². The van der Waals surface area contributed by atoms with Gasteiger partial charge in [-0.1, -0.05) is 57.2 Å². The largest absolute Gasteiger partial charge is 0.472 e. The number of amides is 1. The van der Waals surface area contributed by atoms with E-state index in [-0.39, 0.29) is 49.0 Å². The lowest BCUT2D eigenvalue weighted by molar-refractivity contribution is -0.0646. The number of esters is 1. The Bertz CT molecular complexity index is 3380. The third kappa shape index (κ3) is 11.1. The molecular formula is C49H56FN9O14P2SSi. The first-order valence-electron chi connectivity index (χ1n) is 24.8. The van der Waals surface area contributed by atoms with Crippen LogP contribution in [-0.4, -0.2) is 135 Å². The van der Waals surface area contributed by atoms with Crippen molar-refractivity contribution in [1.29, 1.82) is 0 Å². The molecule has 1 N–H and O–H groups in total. The molecule has 4 aliphatic rings. The fourth-order valence-corrected chi connectivity index (χ4v) is 13.7. The number of alkyl halides is 1. The molecule has 10 atom stereocenters. The van der Waals surface area contributed by atoms with Crippen molar-refractivity contribution >= 4 is 74.6 Å². The Morgan fingerprint density at radius 3 is 2.35 bits per heavy atom. The van der Waals surface area contributed by atoms with Crippen molar-refractivity contribution in [2.45, 2.75) is 107 Å². The number of aryl methyl sites for hydroxylation is 1. The number of rotatable bonds is 12. The second-order valence-corrected chi connectivity index (χ2v) is 29.4. The fraction of sp³-hybridized carbons (Fsp3) is 0.469. The van der Waals surface area contributed by atoms with Crippen LogP contribution in [0.4, 0.5) is 10.2 Å². The summed E-state index contributed by atoms with van der Waals surface area (Å²) in [5, 5.41) is 0.0912. The Morgan fingerprint density at radius 2 is 1.62 bits per heavy atom. The summed E-state index contributed by atoms with van der Waals surface area (Å²) in [7, 11) is -8.09. The molecule has 3 saturated heterocycles. The van der Waals surface area contributed by atoms with Crippen LogP contribution in [0.15, 0.2) is 90.6 Å². The van der Waals surface area contributed by atoms with Crippen LogP contribution in [0.25, 0.3) is 27.0 Å². The lowest BCUT2D eigenvalue weighted by Crippen LogP contribution is -2.50.